The van der Waals surface area contributed by atoms with Gasteiger partial charge in [0.15, 0.2) is 11.0 Å². The third-order valence-electron chi connectivity index (χ3n) is 2.37. The molecule has 0 saturated carbocycles. The maximum Gasteiger partial charge on any atom is 0.155 e. The molecule has 0 amide bonds. The van der Waals surface area contributed by atoms with Gasteiger partial charge >= 0.3 is 0 Å². The molecule has 0 N–H and O–H groups in total. The van der Waals surface area contributed by atoms with Gasteiger partial charge in [-0.15, -0.1) is 0 Å². The van der Waals surface area contributed by atoms with Crippen LogP contribution in [0.4, 0.5) is 0 Å². The molecule has 0 bridgehead atoms. The maximum atomic E-state index is 9.08. The Hall–Kier alpha value is -1.86. The van der Waals surface area contributed by atoms with Gasteiger partial charge in [0.1, 0.15) is 11.6 Å². The topological polar surface area (TPSA) is 54.5 Å². The molecule has 2 aromatic rings. The molecule has 4 nitrogen and oxygen atoms in total. The molecule has 17 heavy (non-hydrogen) atoms. The van der Waals surface area contributed by atoms with Crippen LogP contribution in [0.1, 0.15) is 24.6 Å². The Balaban J connectivity index is 2.54. The predicted molar refractivity (Wildman–Crippen MR) is 65.1 cm³/mol. The summed E-state index contributed by atoms with van der Waals surface area (Å²) in [5.74, 6) is 0.622. The third-order valence-corrected chi connectivity index (χ3v) is 2.72. The van der Waals surface area contributed by atoms with E-state index in [2.05, 4.69) is 16.2 Å². The molecule has 0 atom stereocenters. The number of rotatable bonds is 3. The van der Waals surface area contributed by atoms with Gasteiger partial charge in [0.2, 0.25) is 0 Å². The Kier molecular flexibility index (Phi) is 3.40. The lowest BCUT2D eigenvalue weighted by Crippen LogP contribution is -1.99. The van der Waals surface area contributed by atoms with Crippen LogP contribution in [0.25, 0.3) is 5.82 Å². The molecule has 0 aliphatic carbocycles. The molecule has 2 rings (SSSR count). The summed E-state index contributed by atoms with van der Waals surface area (Å²) in [6, 6.07) is 7.57. The van der Waals surface area contributed by atoms with Crippen LogP contribution >= 0.6 is 11.6 Å². The van der Waals surface area contributed by atoms with Crippen LogP contribution in [0.3, 0.4) is 0 Å². The summed E-state index contributed by atoms with van der Waals surface area (Å²) in [4.78, 5) is 4.17. The largest absolute Gasteiger partial charge is 0.237 e. The Morgan fingerprint density at radius 3 is 2.88 bits per heavy atom. The van der Waals surface area contributed by atoms with Crippen molar-refractivity contribution in [3.8, 4) is 11.9 Å². The molecule has 2 aromatic heterocycles. The summed E-state index contributed by atoms with van der Waals surface area (Å²) in [6.45, 7) is 2.04. The van der Waals surface area contributed by atoms with Crippen molar-refractivity contribution in [1.29, 1.82) is 5.26 Å². The fourth-order valence-electron chi connectivity index (χ4n) is 1.59. The van der Waals surface area contributed by atoms with Crippen molar-refractivity contribution >= 4 is 11.6 Å². The van der Waals surface area contributed by atoms with Gasteiger partial charge < -0.3 is 0 Å². The van der Waals surface area contributed by atoms with Crippen LogP contribution in [0.5, 0.6) is 0 Å². The molecular weight excluding hydrogens is 236 g/mol. The first-order valence-electron chi connectivity index (χ1n) is 5.36. The lowest BCUT2D eigenvalue weighted by atomic mass is 10.2. The molecule has 86 valence electrons. The minimum absolute atomic E-state index is 0.328. The standard InChI is InChI=1S/C12H11ClN4/c1-2-5-10-9(8-14)12(13)17(16-10)11-6-3-4-7-15-11/h3-4,6-7H,2,5H2,1H3. The van der Waals surface area contributed by atoms with E-state index in [0.717, 1.165) is 18.5 Å². The molecule has 0 fully saturated rings. The van der Waals surface area contributed by atoms with E-state index in [1.807, 2.05) is 19.1 Å². The molecule has 2 heterocycles. The zero-order chi connectivity index (χ0) is 12.3. The number of nitriles is 1. The molecule has 0 aromatic carbocycles. The number of nitrogens with zero attached hydrogens (tertiary/aromatic N) is 4. The van der Waals surface area contributed by atoms with Gasteiger partial charge in [-0.05, 0) is 18.6 Å². The Bertz CT molecular complexity index is 554. The molecule has 5 heteroatoms. The molecule has 0 spiro atoms. The first kappa shape index (κ1) is 11.6. The number of hydrogen-bond donors (Lipinski definition) is 0. The van der Waals surface area contributed by atoms with Crippen LogP contribution in [0.15, 0.2) is 24.4 Å². The zero-order valence-corrected chi connectivity index (χ0v) is 10.1. The summed E-state index contributed by atoms with van der Waals surface area (Å²) in [7, 11) is 0. The van der Waals surface area contributed by atoms with E-state index in [9.17, 15) is 0 Å². The summed E-state index contributed by atoms with van der Waals surface area (Å²) >= 11 is 6.14. The van der Waals surface area contributed by atoms with Crippen molar-refractivity contribution < 1.29 is 0 Å². The molecule has 0 unspecified atom stereocenters. The van der Waals surface area contributed by atoms with E-state index >= 15 is 0 Å². The third kappa shape index (κ3) is 2.15. The second kappa shape index (κ2) is 4.98. The lowest BCUT2D eigenvalue weighted by Gasteiger charge is -1.99. The molecule has 0 saturated heterocycles. The van der Waals surface area contributed by atoms with E-state index in [4.69, 9.17) is 16.9 Å². The summed E-state index contributed by atoms with van der Waals surface area (Å²) < 4.78 is 1.51. The highest BCUT2D eigenvalue weighted by Gasteiger charge is 2.16. The van der Waals surface area contributed by atoms with Crippen molar-refractivity contribution in [3.63, 3.8) is 0 Å². The number of hydrogen-bond acceptors (Lipinski definition) is 3. The van der Waals surface area contributed by atoms with Crippen LogP contribution in [-0.2, 0) is 6.42 Å². The maximum absolute atomic E-state index is 9.08. The van der Waals surface area contributed by atoms with E-state index in [0.29, 0.717) is 16.5 Å². The minimum Gasteiger partial charge on any atom is -0.237 e. The SMILES string of the molecule is CCCc1nn(-c2ccccn2)c(Cl)c1C#N. The van der Waals surface area contributed by atoms with Crippen molar-refractivity contribution in [1.82, 2.24) is 14.8 Å². The zero-order valence-electron chi connectivity index (χ0n) is 9.39. The van der Waals surface area contributed by atoms with E-state index in [1.54, 1.807) is 12.3 Å². The molecule has 0 aliphatic rings. The highest BCUT2D eigenvalue weighted by molar-refractivity contribution is 6.31. The Labute approximate surface area is 104 Å². The van der Waals surface area contributed by atoms with Gasteiger partial charge in [-0.1, -0.05) is 31.0 Å². The number of pyridine rings is 1. The van der Waals surface area contributed by atoms with Crippen molar-refractivity contribution in [3.05, 3.63) is 40.8 Å². The summed E-state index contributed by atoms with van der Waals surface area (Å²) in [6.07, 6.45) is 3.32. The number of halogens is 1. The minimum atomic E-state index is 0.328. The van der Waals surface area contributed by atoms with Crippen LogP contribution in [0.2, 0.25) is 5.15 Å². The lowest BCUT2D eigenvalue weighted by molar-refractivity contribution is 0.790. The Morgan fingerprint density at radius 1 is 1.47 bits per heavy atom. The average molecular weight is 247 g/mol. The van der Waals surface area contributed by atoms with Crippen molar-refractivity contribution in [2.24, 2.45) is 0 Å². The quantitative estimate of drug-likeness (QED) is 0.837. The highest BCUT2D eigenvalue weighted by atomic mass is 35.5. The van der Waals surface area contributed by atoms with Crippen molar-refractivity contribution in [2.45, 2.75) is 19.8 Å². The van der Waals surface area contributed by atoms with E-state index in [-0.39, 0.29) is 0 Å². The van der Waals surface area contributed by atoms with Gasteiger partial charge in [-0.3, -0.25) is 0 Å². The molecular formula is C12H11ClN4. The monoisotopic (exact) mass is 246 g/mol. The van der Waals surface area contributed by atoms with Crippen LogP contribution in [-0.4, -0.2) is 14.8 Å². The first-order valence-corrected chi connectivity index (χ1v) is 5.74. The second-order valence-corrected chi connectivity index (χ2v) is 3.93. The summed E-state index contributed by atoms with van der Waals surface area (Å²) in [5.41, 5.74) is 1.17. The van der Waals surface area contributed by atoms with Crippen LogP contribution < -0.4 is 0 Å². The van der Waals surface area contributed by atoms with Crippen molar-refractivity contribution in [2.75, 3.05) is 0 Å². The summed E-state index contributed by atoms with van der Waals surface area (Å²) in [5, 5.41) is 13.7. The van der Waals surface area contributed by atoms with Gasteiger partial charge in [-0.2, -0.15) is 10.4 Å². The van der Waals surface area contributed by atoms with Crippen LogP contribution in [0, 0.1) is 11.3 Å². The number of aryl methyl sites for hydroxylation is 1. The molecule has 0 radical (unpaired) electrons. The fraction of sp³-hybridized carbons (Fsp3) is 0.250. The molecule has 0 aliphatic heterocycles. The van der Waals surface area contributed by atoms with Gasteiger partial charge in [-0.25, -0.2) is 9.67 Å². The second-order valence-electron chi connectivity index (χ2n) is 3.57. The van der Waals surface area contributed by atoms with Gasteiger partial charge in [0.25, 0.3) is 0 Å². The normalized spacial score (nSPS) is 10.2. The van der Waals surface area contributed by atoms with Gasteiger partial charge in [0, 0.05) is 6.20 Å². The predicted octanol–water partition coefficient (Wildman–Crippen LogP) is 2.74. The highest BCUT2D eigenvalue weighted by Crippen LogP contribution is 2.22. The van der Waals surface area contributed by atoms with E-state index < -0.39 is 0 Å². The Morgan fingerprint density at radius 2 is 2.29 bits per heavy atom. The number of aromatic nitrogens is 3. The van der Waals surface area contributed by atoms with Gasteiger partial charge in [0.05, 0.1) is 5.69 Å². The van der Waals surface area contributed by atoms with E-state index in [1.165, 1.54) is 4.68 Å². The smallest absolute Gasteiger partial charge is 0.155 e. The fourth-order valence-corrected chi connectivity index (χ4v) is 1.87. The average Bonchev–Trinajstić information content (AvgIpc) is 2.67. The first-order chi connectivity index (χ1) is 8.27.